The summed E-state index contributed by atoms with van der Waals surface area (Å²) < 4.78 is 7.32. The van der Waals surface area contributed by atoms with Gasteiger partial charge in [0, 0.05) is 31.8 Å². The Morgan fingerprint density at radius 3 is 2.88 bits per heavy atom. The Kier molecular flexibility index (Phi) is 3.49. The number of carbonyl (C=O) groups is 1. The molecule has 3 aromatic rings. The number of hydrogen-bond acceptors (Lipinski definition) is 6. The molecule has 0 bridgehead atoms. The van der Waals surface area contributed by atoms with Crippen molar-refractivity contribution in [3.63, 3.8) is 0 Å². The van der Waals surface area contributed by atoms with Crippen LogP contribution in [0.4, 0.5) is 0 Å². The molecule has 2 atom stereocenters. The van der Waals surface area contributed by atoms with Crippen molar-refractivity contribution in [1.82, 2.24) is 24.8 Å². The Bertz CT molecular complexity index is 882. The second kappa shape index (κ2) is 5.55. The molecule has 24 heavy (non-hydrogen) atoms. The standard InChI is InChI=1S/C16H17N5O2S/c1-9-11(8-17-21(9)3)14-10(7-13(22)20(14)2)16-18-15(19-23-16)12-5-4-6-24-12/h4-6,8,10,14H,7H2,1-3H3. The van der Waals surface area contributed by atoms with E-state index in [4.69, 9.17) is 4.52 Å². The zero-order valence-corrected chi connectivity index (χ0v) is 14.4. The molecule has 1 aliphatic rings. The third-order valence-corrected chi connectivity index (χ3v) is 5.54. The largest absolute Gasteiger partial charge is 0.339 e. The fourth-order valence-electron chi connectivity index (χ4n) is 3.21. The highest BCUT2D eigenvalue weighted by atomic mass is 32.1. The van der Waals surface area contributed by atoms with E-state index in [9.17, 15) is 4.79 Å². The van der Waals surface area contributed by atoms with Gasteiger partial charge in [0.2, 0.25) is 17.6 Å². The van der Waals surface area contributed by atoms with Gasteiger partial charge < -0.3 is 9.42 Å². The van der Waals surface area contributed by atoms with Gasteiger partial charge >= 0.3 is 0 Å². The normalized spacial score (nSPS) is 21.0. The highest BCUT2D eigenvalue weighted by molar-refractivity contribution is 7.13. The van der Waals surface area contributed by atoms with Gasteiger partial charge in [0.25, 0.3) is 0 Å². The third kappa shape index (κ3) is 2.25. The smallest absolute Gasteiger partial charge is 0.233 e. The van der Waals surface area contributed by atoms with Crippen molar-refractivity contribution in [2.45, 2.75) is 25.3 Å². The van der Waals surface area contributed by atoms with E-state index in [1.165, 1.54) is 0 Å². The SMILES string of the molecule is Cc1c(C2C(c3nc(-c4cccs4)no3)CC(=O)N2C)cnn1C. The first-order chi connectivity index (χ1) is 11.6. The fraction of sp³-hybridized carbons (Fsp3) is 0.375. The highest BCUT2D eigenvalue weighted by Gasteiger charge is 2.43. The topological polar surface area (TPSA) is 77.1 Å². The van der Waals surface area contributed by atoms with Crippen LogP contribution in [0.1, 0.15) is 35.5 Å². The van der Waals surface area contributed by atoms with E-state index >= 15 is 0 Å². The minimum atomic E-state index is -0.161. The van der Waals surface area contributed by atoms with Crippen molar-refractivity contribution < 1.29 is 9.32 Å². The average Bonchev–Trinajstić information content (AvgIpc) is 3.32. The summed E-state index contributed by atoms with van der Waals surface area (Å²) in [6.07, 6.45) is 2.18. The number of likely N-dealkylation sites (N-methyl/N-ethyl adjacent to an activating group) is 1. The first kappa shape index (κ1) is 15.1. The van der Waals surface area contributed by atoms with Crippen LogP contribution in [0.25, 0.3) is 10.7 Å². The van der Waals surface area contributed by atoms with E-state index in [2.05, 4.69) is 15.2 Å². The molecule has 1 aliphatic heterocycles. The second-order valence-corrected chi connectivity index (χ2v) is 6.95. The predicted octanol–water partition coefficient (Wildman–Crippen LogP) is 2.53. The summed E-state index contributed by atoms with van der Waals surface area (Å²) in [6.45, 7) is 2.00. The first-order valence-electron chi connectivity index (χ1n) is 7.68. The van der Waals surface area contributed by atoms with E-state index in [1.54, 1.807) is 16.2 Å². The van der Waals surface area contributed by atoms with Crippen molar-refractivity contribution in [3.05, 3.63) is 40.9 Å². The van der Waals surface area contributed by atoms with Gasteiger partial charge in [-0.2, -0.15) is 10.1 Å². The van der Waals surface area contributed by atoms with Crippen LogP contribution < -0.4 is 0 Å². The summed E-state index contributed by atoms with van der Waals surface area (Å²) in [4.78, 5) is 19.6. The number of amides is 1. The van der Waals surface area contributed by atoms with Crippen LogP contribution in [0.3, 0.4) is 0 Å². The molecule has 0 saturated carbocycles. The zero-order chi connectivity index (χ0) is 16.8. The van der Waals surface area contributed by atoms with Gasteiger partial charge in [-0.25, -0.2) is 0 Å². The van der Waals surface area contributed by atoms with Crippen LogP contribution in [0.15, 0.2) is 28.2 Å². The summed E-state index contributed by atoms with van der Waals surface area (Å²) in [5.74, 6) is 0.990. The number of thiophene rings is 1. The summed E-state index contributed by atoms with van der Waals surface area (Å²) in [5.41, 5.74) is 2.05. The van der Waals surface area contributed by atoms with E-state index < -0.39 is 0 Å². The Labute approximate surface area is 142 Å². The maximum Gasteiger partial charge on any atom is 0.233 e. The Balaban J connectivity index is 1.73. The van der Waals surface area contributed by atoms with E-state index in [0.29, 0.717) is 18.1 Å². The lowest BCUT2D eigenvalue weighted by molar-refractivity contribution is -0.127. The summed E-state index contributed by atoms with van der Waals surface area (Å²) in [5, 5.41) is 10.4. The number of likely N-dealkylation sites (tertiary alicyclic amines) is 1. The molecule has 0 aromatic carbocycles. The number of aryl methyl sites for hydroxylation is 1. The Hall–Kier alpha value is -2.48. The van der Waals surface area contributed by atoms with Crippen LogP contribution in [0, 0.1) is 6.92 Å². The molecule has 2 unspecified atom stereocenters. The van der Waals surface area contributed by atoms with Crippen LogP contribution in [-0.2, 0) is 11.8 Å². The minimum Gasteiger partial charge on any atom is -0.339 e. The molecule has 8 heteroatoms. The van der Waals surface area contributed by atoms with Crippen molar-refractivity contribution in [3.8, 4) is 10.7 Å². The monoisotopic (exact) mass is 343 g/mol. The maximum atomic E-state index is 12.3. The molecule has 1 fully saturated rings. The molecule has 0 N–H and O–H groups in total. The Morgan fingerprint density at radius 1 is 1.38 bits per heavy atom. The molecule has 4 rings (SSSR count). The Morgan fingerprint density at radius 2 is 2.21 bits per heavy atom. The maximum absolute atomic E-state index is 12.3. The van der Waals surface area contributed by atoms with E-state index in [0.717, 1.165) is 16.1 Å². The number of carbonyl (C=O) groups excluding carboxylic acids is 1. The molecule has 0 spiro atoms. The molecule has 7 nitrogen and oxygen atoms in total. The summed E-state index contributed by atoms with van der Waals surface area (Å²) in [6, 6.07) is 3.77. The predicted molar refractivity (Wildman–Crippen MR) is 88.4 cm³/mol. The van der Waals surface area contributed by atoms with Gasteiger partial charge in [-0.05, 0) is 18.4 Å². The lowest BCUT2D eigenvalue weighted by Gasteiger charge is -2.23. The molecular weight excluding hydrogens is 326 g/mol. The molecule has 3 aromatic heterocycles. The summed E-state index contributed by atoms with van der Waals surface area (Å²) >= 11 is 1.56. The lowest BCUT2D eigenvalue weighted by atomic mass is 9.94. The highest BCUT2D eigenvalue weighted by Crippen LogP contribution is 2.44. The van der Waals surface area contributed by atoms with Crippen molar-refractivity contribution in [2.24, 2.45) is 7.05 Å². The first-order valence-corrected chi connectivity index (χ1v) is 8.56. The molecule has 124 valence electrons. The third-order valence-electron chi connectivity index (χ3n) is 4.68. The number of aromatic nitrogens is 4. The average molecular weight is 343 g/mol. The van der Waals surface area contributed by atoms with Crippen molar-refractivity contribution >= 4 is 17.2 Å². The van der Waals surface area contributed by atoms with Gasteiger partial charge in [0.15, 0.2) is 0 Å². The van der Waals surface area contributed by atoms with Crippen LogP contribution in [0.2, 0.25) is 0 Å². The van der Waals surface area contributed by atoms with Crippen LogP contribution in [0.5, 0.6) is 0 Å². The van der Waals surface area contributed by atoms with E-state index in [1.807, 2.05) is 49.4 Å². The van der Waals surface area contributed by atoms with Gasteiger partial charge in [-0.1, -0.05) is 11.2 Å². The quantitative estimate of drug-likeness (QED) is 0.730. The van der Waals surface area contributed by atoms with Crippen LogP contribution >= 0.6 is 11.3 Å². The van der Waals surface area contributed by atoms with Gasteiger partial charge in [0.1, 0.15) is 0 Å². The molecule has 4 heterocycles. The lowest BCUT2D eigenvalue weighted by Crippen LogP contribution is -2.24. The molecule has 1 saturated heterocycles. The van der Waals surface area contributed by atoms with Gasteiger partial charge in [0.05, 0.1) is 23.0 Å². The van der Waals surface area contributed by atoms with Crippen molar-refractivity contribution in [1.29, 1.82) is 0 Å². The second-order valence-electron chi connectivity index (χ2n) is 6.00. The number of hydrogen-bond donors (Lipinski definition) is 0. The fourth-order valence-corrected chi connectivity index (χ4v) is 3.86. The van der Waals surface area contributed by atoms with Crippen LogP contribution in [-0.4, -0.2) is 37.8 Å². The number of rotatable bonds is 3. The molecule has 1 amide bonds. The zero-order valence-electron chi connectivity index (χ0n) is 13.6. The van der Waals surface area contributed by atoms with Gasteiger partial charge in [-0.3, -0.25) is 9.48 Å². The van der Waals surface area contributed by atoms with Crippen molar-refractivity contribution in [2.75, 3.05) is 7.05 Å². The molecular formula is C16H17N5O2S. The van der Waals surface area contributed by atoms with Gasteiger partial charge in [-0.15, -0.1) is 11.3 Å². The molecule has 0 radical (unpaired) electrons. The summed E-state index contributed by atoms with van der Waals surface area (Å²) in [7, 11) is 3.71. The van der Waals surface area contributed by atoms with E-state index in [-0.39, 0.29) is 17.9 Å². The molecule has 0 aliphatic carbocycles. The number of nitrogens with zero attached hydrogens (tertiary/aromatic N) is 5. The minimum absolute atomic E-state index is 0.0733.